The van der Waals surface area contributed by atoms with E-state index in [0.29, 0.717) is 29.7 Å². The Kier molecular flexibility index (Phi) is 5.53. The van der Waals surface area contributed by atoms with E-state index in [1.807, 2.05) is 0 Å². The van der Waals surface area contributed by atoms with E-state index in [0.717, 1.165) is 5.56 Å². The van der Waals surface area contributed by atoms with Gasteiger partial charge in [0.05, 0.1) is 5.52 Å². The lowest BCUT2D eigenvalue weighted by Gasteiger charge is -2.14. The molecule has 0 spiro atoms. The summed E-state index contributed by atoms with van der Waals surface area (Å²) in [5.74, 6) is -0.150. The maximum absolute atomic E-state index is 13.8. The molecule has 0 fully saturated rings. The number of rotatable bonds is 7. The van der Waals surface area contributed by atoms with Crippen molar-refractivity contribution in [2.24, 2.45) is 0 Å². The molecule has 25 heavy (non-hydrogen) atoms. The summed E-state index contributed by atoms with van der Waals surface area (Å²) in [6, 6.07) is 12.1. The molecule has 3 aromatic rings. The van der Waals surface area contributed by atoms with E-state index < -0.39 is 6.10 Å². The fourth-order valence-corrected chi connectivity index (χ4v) is 2.49. The van der Waals surface area contributed by atoms with Crippen LogP contribution >= 0.6 is 0 Å². The van der Waals surface area contributed by atoms with E-state index in [9.17, 15) is 13.9 Å². The number of aliphatic hydroxyl groups is 1. The Morgan fingerprint density at radius 2 is 1.88 bits per heavy atom. The van der Waals surface area contributed by atoms with Crippen LogP contribution in [0.3, 0.4) is 0 Å². The SMILES string of the molecule is OC(CNCc1ccc(F)c2cccnc12)COc1ccc(F)cc1. The van der Waals surface area contributed by atoms with Crippen LogP contribution in [0.1, 0.15) is 5.56 Å². The lowest BCUT2D eigenvalue weighted by atomic mass is 10.1. The van der Waals surface area contributed by atoms with Crippen LogP contribution in [0.25, 0.3) is 10.9 Å². The van der Waals surface area contributed by atoms with Crippen molar-refractivity contribution in [3.8, 4) is 5.75 Å². The van der Waals surface area contributed by atoms with Gasteiger partial charge in [-0.05, 0) is 48.0 Å². The zero-order chi connectivity index (χ0) is 17.6. The summed E-state index contributed by atoms with van der Waals surface area (Å²) in [7, 11) is 0. The summed E-state index contributed by atoms with van der Waals surface area (Å²) < 4.78 is 32.0. The number of aliphatic hydroxyl groups excluding tert-OH is 1. The van der Waals surface area contributed by atoms with E-state index >= 15 is 0 Å². The van der Waals surface area contributed by atoms with Crippen LogP contribution in [0.15, 0.2) is 54.7 Å². The summed E-state index contributed by atoms with van der Waals surface area (Å²) >= 11 is 0. The highest BCUT2D eigenvalue weighted by molar-refractivity contribution is 5.82. The van der Waals surface area contributed by atoms with Gasteiger partial charge in [-0.1, -0.05) is 6.07 Å². The Bertz CT molecular complexity index is 840. The number of nitrogens with one attached hydrogen (secondary N) is 1. The van der Waals surface area contributed by atoms with Gasteiger partial charge in [0.25, 0.3) is 0 Å². The molecule has 4 nitrogen and oxygen atoms in total. The molecule has 1 unspecified atom stereocenters. The van der Waals surface area contributed by atoms with Crippen molar-refractivity contribution in [1.82, 2.24) is 10.3 Å². The highest BCUT2D eigenvalue weighted by Crippen LogP contribution is 2.19. The molecule has 130 valence electrons. The Hall–Kier alpha value is -2.57. The normalized spacial score (nSPS) is 12.3. The van der Waals surface area contributed by atoms with Gasteiger partial charge in [-0.3, -0.25) is 4.98 Å². The summed E-state index contributed by atoms with van der Waals surface area (Å²) in [4.78, 5) is 4.23. The number of halogens is 2. The smallest absolute Gasteiger partial charge is 0.132 e. The van der Waals surface area contributed by atoms with Gasteiger partial charge in [0.1, 0.15) is 30.1 Å². The summed E-state index contributed by atoms with van der Waals surface area (Å²) in [6.07, 6.45) is 0.890. The largest absolute Gasteiger partial charge is 0.491 e. The molecule has 0 radical (unpaired) electrons. The van der Waals surface area contributed by atoms with Gasteiger partial charge < -0.3 is 15.2 Å². The number of hydrogen-bond donors (Lipinski definition) is 2. The second kappa shape index (κ2) is 8.00. The molecule has 0 amide bonds. The molecule has 1 atom stereocenters. The highest BCUT2D eigenvalue weighted by atomic mass is 19.1. The van der Waals surface area contributed by atoms with Crippen LogP contribution in [-0.2, 0) is 6.54 Å². The van der Waals surface area contributed by atoms with E-state index in [1.54, 1.807) is 24.4 Å². The van der Waals surface area contributed by atoms with Crippen LogP contribution in [-0.4, -0.2) is 29.3 Å². The molecule has 6 heteroatoms. The molecule has 0 aliphatic carbocycles. The lowest BCUT2D eigenvalue weighted by molar-refractivity contribution is 0.106. The van der Waals surface area contributed by atoms with Gasteiger partial charge in [-0.15, -0.1) is 0 Å². The molecule has 0 bridgehead atoms. The summed E-state index contributed by atoms with van der Waals surface area (Å²) in [5.41, 5.74) is 1.45. The maximum Gasteiger partial charge on any atom is 0.132 e. The minimum atomic E-state index is -0.732. The fraction of sp³-hybridized carbons (Fsp3) is 0.211. The maximum atomic E-state index is 13.8. The molecule has 2 N–H and O–H groups in total. The number of benzene rings is 2. The van der Waals surface area contributed by atoms with Gasteiger partial charge >= 0.3 is 0 Å². The van der Waals surface area contributed by atoms with Crippen molar-refractivity contribution >= 4 is 10.9 Å². The van der Waals surface area contributed by atoms with Crippen LogP contribution in [0.2, 0.25) is 0 Å². The average Bonchev–Trinajstić information content (AvgIpc) is 2.63. The number of hydrogen-bond acceptors (Lipinski definition) is 4. The zero-order valence-electron chi connectivity index (χ0n) is 13.5. The van der Waals surface area contributed by atoms with Gasteiger partial charge in [0, 0.05) is 24.7 Å². The van der Waals surface area contributed by atoms with Crippen molar-refractivity contribution in [3.63, 3.8) is 0 Å². The second-order valence-electron chi connectivity index (χ2n) is 5.66. The fourth-order valence-electron chi connectivity index (χ4n) is 2.49. The molecule has 2 aromatic carbocycles. The minimum absolute atomic E-state index is 0.0844. The molecule has 0 aliphatic rings. The van der Waals surface area contributed by atoms with Crippen molar-refractivity contribution in [3.05, 3.63) is 71.9 Å². The first-order chi connectivity index (χ1) is 12.1. The summed E-state index contributed by atoms with van der Waals surface area (Å²) in [6.45, 7) is 0.829. The van der Waals surface area contributed by atoms with Gasteiger partial charge in [0.15, 0.2) is 0 Å². The number of pyridine rings is 1. The van der Waals surface area contributed by atoms with Gasteiger partial charge in [-0.25, -0.2) is 8.78 Å². The number of aromatic nitrogens is 1. The molecule has 1 aromatic heterocycles. The number of fused-ring (bicyclic) bond motifs is 1. The molecular weight excluding hydrogens is 326 g/mol. The first kappa shape index (κ1) is 17.3. The average molecular weight is 344 g/mol. The van der Waals surface area contributed by atoms with Crippen LogP contribution in [0.4, 0.5) is 8.78 Å². The van der Waals surface area contributed by atoms with Gasteiger partial charge in [-0.2, -0.15) is 0 Å². The standard InChI is InChI=1S/C19H18F2N2O2/c20-14-4-6-16(7-5-14)25-12-15(24)11-22-10-13-3-8-18(21)17-2-1-9-23-19(13)17/h1-9,15,22,24H,10-12H2. The van der Waals surface area contributed by atoms with Crippen molar-refractivity contribution in [2.75, 3.05) is 13.2 Å². The molecule has 0 saturated heterocycles. The predicted molar refractivity (Wildman–Crippen MR) is 91.3 cm³/mol. The zero-order valence-corrected chi connectivity index (χ0v) is 13.5. The predicted octanol–water partition coefficient (Wildman–Crippen LogP) is 3.04. The Balaban J connectivity index is 1.51. The molecule has 0 saturated carbocycles. The van der Waals surface area contributed by atoms with Crippen LogP contribution in [0.5, 0.6) is 5.75 Å². The third-order valence-corrected chi connectivity index (χ3v) is 3.75. The quantitative estimate of drug-likeness (QED) is 0.692. The summed E-state index contributed by atoms with van der Waals surface area (Å²) in [5, 5.41) is 13.5. The van der Waals surface area contributed by atoms with Crippen molar-refractivity contribution < 1.29 is 18.6 Å². The topological polar surface area (TPSA) is 54.4 Å². The second-order valence-corrected chi connectivity index (χ2v) is 5.66. The van der Waals surface area contributed by atoms with Crippen molar-refractivity contribution in [2.45, 2.75) is 12.6 Å². The van der Waals surface area contributed by atoms with E-state index in [-0.39, 0.29) is 18.2 Å². The third kappa shape index (κ3) is 4.49. The Morgan fingerprint density at radius 3 is 2.68 bits per heavy atom. The Morgan fingerprint density at radius 1 is 1.08 bits per heavy atom. The molecular formula is C19H18F2N2O2. The Labute approximate surface area is 144 Å². The van der Waals surface area contributed by atoms with Crippen molar-refractivity contribution in [1.29, 1.82) is 0 Å². The number of ether oxygens (including phenoxy) is 1. The highest BCUT2D eigenvalue weighted by Gasteiger charge is 2.09. The van der Waals surface area contributed by atoms with E-state index in [4.69, 9.17) is 4.74 Å². The van der Waals surface area contributed by atoms with E-state index in [2.05, 4.69) is 10.3 Å². The van der Waals surface area contributed by atoms with E-state index in [1.165, 1.54) is 30.3 Å². The van der Waals surface area contributed by atoms with Crippen LogP contribution < -0.4 is 10.1 Å². The first-order valence-corrected chi connectivity index (χ1v) is 7.93. The first-order valence-electron chi connectivity index (χ1n) is 7.93. The third-order valence-electron chi connectivity index (χ3n) is 3.75. The lowest BCUT2D eigenvalue weighted by Crippen LogP contribution is -2.31. The monoisotopic (exact) mass is 344 g/mol. The molecule has 1 heterocycles. The van der Waals surface area contributed by atoms with Crippen LogP contribution in [0, 0.1) is 11.6 Å². The minimum Gasteiger partial charge on any atom is -0.491 e. The van der Waals surface area contributed by atoms with Gasteiger partial charge in [0.2, 0.25) is 0 Å². The number of nitrogens with zero attached hydrogens (tertiary/aromatic N) is 1. The molecule has 0 aliphatic heterocycles. The molecule has 3 rings (SSSR count).